The number of fused-ring (bicyclic) bond motifs is 6. The van der Waals surface area contributed by atoms with Crippen LogP contribution in [0.4, 0.5) is 11.4 Å². The van der Waals surface area contributed by atoms with E-state index in [4.69, 9.17) is 0 Å². The van der Waals surface area contributed by atoms with Crippen LogP contribution in [0.2, 0.25) is 0 Å². The van der Waals surface area contributed by atoms with Crippen molar-refractivity contribution in [2.24, 2.45) is 0 Å². The molecule has 2 aliphatic carbocycles. The smallest absolute Gasteiger partial charge is 0.0633 e. The van der Waals surface area contributed by atoms with E-state index in [2.05, 4.69) is 114 Å². The third-order valence-electron chi connectivity index (χ3n) is 6.80. The van der Waals surface area contributed by atoms with Gasteiger partial charge in [0, 0.05) is 26.8 Å². The molecule has 0 N–H and O–H groups in total. The van der Waals surface area contributed by atoms with Gasteiger partial charge in [0.05, 0.1) is 6.04 Å². The third kappa shape index (κ3) is 2.33. The van der Waals surface area contributed by atoms with Gasteiger partial charge in [-0.15, -0.1) is 0 Å². The van der Waals surface area contributed by atoms with Crippen LogP contribution >= 0.6 is 15.9 Å². The molecular weight excluding hydrogens is 418 g/mol. The first-order valence-electron chi connectivity index (χ1n) is 10.3. The zero-order chi connectivity index (χ0) is 19.8. The fourth-order valence-corrected chi connectivity index (χ4v) is 5.83. The Hall–Kier alpha value is -2.58. The first-order chi connectivity index (χ1) is 14.1. The molecule has 0 spiro atoms. The molecule has 0 amide bonds. The van der Waals surface area contributed by atoms with Gasteiger partial charge in [-0.1, -0.05) is 78.3 Å². The Bertz CT molecular complexity index is 1220. The number of hydrogen-bond acceptors (Lipinski definition) is 1. The molecule has 0 saturated heterocycles. The second kappa shape index (κ2) is 5.96. The minimum Gasteiger partial charge on any atom is -0.333 e. The summed E-state index contributed by atoms with van der Waals surface area (Å²) < 4.78 is 1.19. The average molecular weight is 440 g/mol. The van der Waals surface area contributed by atoms with Crippen LogP contribution in [-0.4, -0.2) is 6.04 Å². The van der Waals surface area contributed by atoms with Crippen molar-refractivity contribution in [3.05, 3.63) is 100 Å². The van der Waals surface area contributed by atoms with Gasteiger partial charge in [0.2, 0.25) is 0 Å². The number of nitrogens with zero attached hydrogens (tertiary/aromatic N) is 1. The lowest BCUT2D eigenvalue weighted by atomic mass is 9.82. The number of halogens is 1. The van der Waals surface area contributed by atoms with Crippen LogP contribution in [0.1, 0.15) is 37.0 Å². The standard InChI is InChI=1S/C27H22BrN/c1-27(2)23-11-7-6-10-19(23)20-15-22-21-14-17(28)12-13-25(21)29(26(22)16-24(20)27)18-8-4-3-5-9-18/h3-12,14-16,25H,13H2,1-2H3. The molecule has 3 aliphatic rings. The minimum atomic E-state index is 0.0181. The van der Waals surface area contributed by atoms with Gasteiger partial charge < -0.3 is 4.90 Å². The molecule has 1 atom stereocenters. The molecule has 2 heteroatoms. The average Bonchev–Trinajstić information content (AvgIpc) is 3.17. The van der Waals surface area contributed by atoms with Crippen molar-refractivity contribution in [1.82, 2.24) is 0 Å². The molecular formula is C27H22BrN. The number of anilines is 2. The maximum atomic E-state index is 3.73. The number of benzene rings is 3. The Morgan fingerprint density at radius 3 is 2.45 bits per heavy atom. The predicted molar refractivity (Wildman–Crippen MR) is 126 cm³/mol. The van der Waals surface area contributed by atoms with E-state index in [1.165, 1.54) is 49.2 Å². The summed E-state index contributed by atoms with van der Waals surface area (Å²) in [5.41, 5.74) is 11.1. The first kappa shape index (κ1) is 17.3. The van der Waals surface area contributed by atoms with Crippen LogP contribution in [0.15, 0.2) is 83.4 Å². The molecule has 3 aromatic rings. The maximum Gasteiger partial charge on any atom is 0.0633 e. The number of allylic oxidation sites excluding steroid dienone is 2. The van der Waals surface area contributed by atoms with E-state index in [1.54, 1.807) is 0 Å². The van der Waals surface area contributed by atoms with Crippen LogP contribution in [0.25, 0.3) is 16.7 Å². The molecule has 0 saturated carbocycles. The number of hydrogen-bond donors (Lipinski definition) is 0. The van der Waals surface area contributed by atoms with Crippen molar-refractivity contribution in [3.8, 4) is 11.1 Å². The van der Waals surface area contributed by atoms with Crippen molar-refractivity contribution in [2.75, 3.05) is 4.90 Å². The highest BCUT2D eigenvalue weighted by atomic mass is 79.9. The molecule has 0 bridgehead atoms. The Morgan fingerprint density at radius 2 is 1.62 bits per heavy atom. The van der Waals surface area contributed by atoms with Gasteiger partial charge in [-0.05, 0) is 64.6 Å². The highest BCUT2D eigenvalue weighted by Gasteiger charge is 2.41. The Balaban J connectivity index is 1.64. The molecule has 3 aromatic carbocycles. The summed E-state index contributed by atoms with van der Waals surface area (Å²) in [6.07, 6.45) is 5.62. The van der Waals surface area contributed by atoms with Crippen molar-refractivity contribution in [1.29, 1.82) is 0 Å². The van der Waals surface area contributed by atoms with Gasteiger partial charge in [-0.2, -0.15) is 0 Å². The molecule has 0 fully saturated rings. The van der Waals surface area contributed by atoms with Gasteiger partial charge in [0.15, 0.2) is 0 Å². The topological polar surface area (TPSA) is 3.24 Å². The van der Waals surface area contributed by atoms with Crippen molar-refractivity contribution < 1.29 is 0 Å². The summed E-state index contributed by atoms with van der Waals surface area (Å²) in [6.45, 7) is 4.71. The van der Waals surface area contributed by atoms with E-state index < -0.39 is 0 Å². The van der Waals surface area contributed by atoms with Crippen molar-refractivity contribution in [2.45, 2.75) is 31.7 Å². The summed E-state index contributed by atoms with van der Waals surface area (Å²) in [5, 5.41) is 0. The lowest BCUT2D eigenvalue weighted by Gasteiger charge is -2.29. The summed E-state index contributed by atoms with van der Waals surface area (Å²) in [4.78, 5) is 2.54. The summed E-state index contributed by atoms with van der Waals surface area (Å²) >= 11 is 3.73. The zero-order valence-corrected chi connectivity index (χ0v) is 18.2. The van der Waals surface area contributed by atoms with Crippen LogP contribution < -0.4 is 4.90 Å². The van der Waals surface area contributed by atoms with Crippen LogP contribution in [0.5, 0.6) is 0 Å². The van der Waals surface area contributed by atoms with Gasteiger partial charge in [-0.3, -0.25) is 0 Å². The molecule has 1 aliphatic heterocycles. The highest BCUT2D eigenvalue weighted by molar-refractivity contribution is 9.11. The number of para-hydroxylation sites is 1. The Morgan fingerprint density at radius 1 is 0.862 bits per heavy atom. The highest BCUT2D eigenvalue weighted by Crippen LogP contribution is 2.55. The monoisotopic (exact) mass is 439 g/mol. The quantitative estimate of drug-likeness (QED) is 0.377. The SMILES string of the molecule is CC1(C)c2ccccc2-c2cc3c(cc21)N(c1ccccc1)C1CC=C(Br)C=C31. The summed E-state index contributed by atoms with van der Waals surface area (Å²) in [5.74, 6) is 0. The van der Waals surface area contributed by atoms with E-state index in [-0.39, 0.29) is 5.41 Å². The number of rotatable bonds is 1. The molecule has 1 heterocycles. The van der Waals surface area contributed by atoms with Crippen LogP contribution in [0.3, 0.4) is 0 Å². The molecule has 29 heavy (non-hydrogen) atoms. The van der Waals surface area contributed by atoms with Gasteiger partial charge in [0.25, 0.3) is 0 Å². The predicted octanol–water partition coefficient (Wildman–Crippen LogP) is 7.58. The van der Waals surface area contributed by atoms with Crippen molar-refractivity contribution in [3.63, 3.8) is 0 Å². The van der Waals surface area contributed by atoms with Gasteiger partial charge >= 0.3 is 0 Å². The van der Waals surface area contributed by atoms with Gasteiger partial charge in [0.1, 0.15) is 0 Å². The molecule has 1 unspecified atom stereocenters. The van der Waals surface area contributed by atoms with Crippen LogP contribution in [-0.2, 0) is 5.41 Å². The van der Waals surface area contributed by atoms with Crippen molar-refractivity contribution >= 4 is 32.9 Å². The fourth-order valence-electron chi connectivity index (χ4n) is 5.40. The Labute approximate surface area is 180 Å². The first-order valence-corrected chi connectivity index (χ1v) is 11.1. The van der Waals surface area contributed by atoms with Gasteiger partial charge in [-0.25, -0.2) is 0 Å². The molecule has 1 nitrogen and oxygen atoms in total. The largest absolute Gasteiger partial charge is 0.333 e. The zero-order valence-electron chi connectivity index (χ0n) is 16.6. The van der Waals surface area contributed by atoms with Crippen LogP contribution in [0, 0.1) is 0 Å². The third-order valence-corrected chi connectivity index (χ3v) is 7.36. The molecule has 0 radical (unpaired) electrons. The molecule has 6 rings (SSSR count). The molecule has 142 valence electrons. The fraction of sp³-hybridized carbons (Fsp3) is 0.185. The lowest BCUT2D eigenvalue weighted by Crippen LogP contribution is -2.27. The second-order valence-electron chi connectivity index (χ2n) is 8.73. The Kier molecular flexibility index (Phi) is 3.56. The van der Waals surface area contributed by atoms with E-state index in [0.29, 0.717) is 6.04 Å². The van der Waals surface area contributed by atoms with E-state index in [1.807, 2.05) is 0 Å². The van der Waals surface area contributed by atoms with E-state index >= 15 is 0 Å². The maximum absolute atomic E-state index is 3.73. The normalized spacial score (nSPS) is 20.4. The second-order valence-corrected chi connectivity index (χ2v) is 9.65. The summed E-state index contributed by atoms with van der Waals surface area (Å²) in [7, 11) is 0. The van der Waals surface area contributed by atoms with E-state index in [0.717, 1.165) is 6.42 Å². The minimum absolute atomic E-state index is 0.0181. The molecule has 0 aromatic heterocycles. The lowest BCUT2D eigenvalue weighted by molar-refractivity contribution is 0.660. The summed E-state index contributed by atoms with van der Waals surface area (Å²) in [6, 6.07) is 25.0. The van der Waals surface area contributed by atoms with E-state index in [9.17, 15) is 0 Å².